The number of hydrogen-bond acceptors (Lipinski definition) is 4. The monoisotopic (exact) mass is 308 g/mol. The van der Waals surface area contributed by atoms with Crippen molar-refractivity contribution in [2.75, 3.05) is 0 Å². The first-order chi connectivity index (χ1) is 10.7. The van der Waals surface area contributed by atoms with E-state index in [4.69, 9.17) is 0 Å². The number of aromatic nitrogens is 2. The molecule has 2 N–H and O–H groups in total. The molecule has 2 aromatic heterocycles. The topological polar surface area (TPSA) is 70.1 Å². The zero-order chi connectivity index (χ0) is 15.1. The number of benzene rings is 1. The van der Waals surface area contributed by atoms with Crippen molar-refractivity contribution >= 4 is 39.2 Å². The number of amides is 1. The van der Waals surface area contributed by atoms with E-state index in [-0.39, 0.29) is 5.91 Å². The van der Waals surface area contributed by atoms with E-state index >= 15 is 0 Å². The Morgan fingerprint density at radius 2 is 2.14 bits per heavy atom. The van der Waals surface area contributed by atoms with Crippen LogP contribution in [0.5, 0.6) is 0 Å². The average molecular weight is 308 g/mol. The van der Waals surface area contributed by atoms with Crippen molar-refractivity contribution in [2.24, 2.45) is 5.10 Å². The normalized spacial score (nSPS) is 16.3. The molecule has 0 saturated carbocycles. The summed E-state index contributed by atoms with van der Waals surface area (Å²) in [7, 11) is 0. The summed E-state index contributed by atoms with van der Waals surface area (Å²) in [5.41, 5.74) is 6.55. The van der Waals surface area contributed by atoms with Gasteiger partial charge in [0.2, 0.25) is 0 Å². The molecule has 6 heteroatoms. The highest BCUT2D eigenvalue weighted by Crippen LogP contribution is 2.26. The van der Waals surface area contributed by atoms with Gasteiger partial charge < -0.3 is 4.98 Å². The molecule has 0 aliphatic carbocycles. The van der Waals surface area contributed by atoms with Crippen LogP contribution >= 0.6 is 11.3 Å². The number of H-pyrrole nitrogens is 1. The van der Waals surface area contributed by atoms with Crippen LogP contribution in [-0.4, -0.2) is 21.6 Å². The molecule has 1 amide bonds. The number of aryl methyl sites for hydroxylation is 1. The number of nitrogens with zero attached hydrogens (tertiary/aromatic N) is 2. The minimum absolute atomic E-state index is 0.207. The Balaban J connectivity index is 1.79. The molecule has 1 aromatic carbocycles. The number of thiazole rings is 1. The Hall–Kier alpha value is -2.73. The number of para-hydroxylation sites is 1. The van der Waals surface area contributed by atoms with Gasteiger partial charge in [0, 0.05) is 11.9 Å². The third-order valence-electron chi connectivity index (χ3n) is 3.41. The number of carbonyl (C=O) groups excluding carboxylic acids is 1. The summed E-state index contributed by atoms with van der Waals surface area (Å²) in [5, 5.41) is 4.89. The number of carbonyl (C=O) groups is 1. The minimum Gasteiger partial charge on any atom is -0.361 e. The zero-order valence-electron chi connectivity index (χ0n) is 11.8. The van der Waals surface area contributed by atoms with E-state index in [1.165, 1.54) is 11.3 Å². The Bertz CT molecular complexity index is 915. The molecular weight excluding hydrogens is 296 g/mol. The molecule has 0 saturated heterocycles. The fraction of sp³-hybridized carbons (Fsp3) is 0.0625. The van der Waals surface area contributed by atoms with Gasteiger partial charge in [-0.1, -0.05) is 12.1 Å². The fourth-order valence-electron chi connectivity index (χ4n) is 2.37. The van der Waals surface area contributed by atoms with Crippen molar-refractivity contribution in [2.45, 2.75) is 6.92 Å². The van der Waals surface area contributed by atoms with E-state index in [9.17, 15) is 4.79 Å². The average Bonchev–Trinajstić information content (AvgIpc) is 3.19. The Kier molecular flexibility index (Phi) is 2.90. The highest BCUT2D eigenvalue weighted by Gasteiger charge is 2.26. The molecule has 3 aromatic rings. The summed E-state index contributed by atoms with van der Waals surface area (Å²) >= 11 is 1.53. The first-order valence-corrected chi connectivity index (χ1v) is 7.63. The second kappa shape index (κ2) is 4.92. The summed E-state index contributed by atoms with van der Waals surface area (Å²) in [6.07, 6.45) is 3.70. The number of aromatic amines is 1. The van der Waals surface area contributed by atoms with Gasteiger partial charge in [-0.2, -0.15) is 5.10 Å². The van der Waals surface area contributed by atoms with Crippen LogP contribution in [0.4, 0.5) is 0 Å². The van der Waals surface area contributed by atoms with E-state index in [2.05, 4.69) is 20.5 Å². The van der Waals surface area contributed by atoms with Crippen molar-refractivity contribution in [1.29, 1.82) is 0 Å². The van der Waals surface area contributed by atoms with Crippen molar-refractivity contribution in [3.8, 4) is 0 Å². The van der Waals surface area contributed by atoms with Crippen LogP contribution < -0.4 is 5.43 Å². The van der Waals surface area contributed by atoms with Crippen LogP contribution in [0.2, 0.25) is 0 Å². The number of hydrazone groups is 1. The van der Waals surface area contributed by atoms with Gasteiger partial charge in [0.25, 0.3) is 5.91 Å². The van der Waals surface area contributed by atoms with Crippen LogP contribution in [0.25, 0.3) is 16.3 Å². The third kappa shape index (κ3) is 2.14. The molecule has 5 nitrogen and oxygen atoms in total. The van der Waals surface area contributed by atoms with Gasteiger partial charge in [-0.25, -0.2) is 10.4 Å². The molecule has 4 rings (SSSR count). The van der Waals surface area contributed by atoms with Gasteiger partial charge in [0.15, 0.2) is 0 Å². The maximum atomic E-state index is 12.1. The second-order valence-electron chi connectivity index (χ2n) is 5.08. The van der Waals surface area contributed by atoms with Crippen LogP contribution in [-0.2, 0) is 4.79 Å². The van der Waals surface area contributed by atoms with E-state index < -0.39 is 0 Å². The van der Waals surface area contributed by atoms with E-state index in [0.29, 0.717) is 11.3 Å². The number of hydrogen-bond donors (Lipinski definition) is 2. The largest absolute Gasteiger partial charge is 0.361 e. The standard InChI is InChI=1S/C16H12N4OS/c1-9-6-10(17-8-9)7-11-14(19-20-15(11)21)16-18-12-4-2-3-5-13(12)22-16/h2-8,17H,1H3,(H,20,21)/b11-7+. The fourth-order valence-corrected chi connectivity index (χ4v) is 3.34. The summed E-state index contributed by atoms with van der Waals surface area (Å²) in [6.45, 7) is 2.00. The summed E-state index contributed by atoms with van der Waals surface area (Å²) < 4.78 is 1.08. The summed E-state index contributed by atoms with van der Waals surface area (Å²) in [6, 6.07) is 9.87. The van der Waals surface area contributed by atoms with Crippen LogP contribution in [0, 0.1) is 6.92 Å². The highest BCUT2D eigenvalue weighted by molar-refractivity contribution is 7.20. The molecule has 0 radical (unpaired) electrons. The van der Waals surface area contributed by atoms with Crippen molar-refractivity contribution < 1.29 is 4.79 Å². The predicted molar refractivity (Wildman–Crippen MR) is 87.8 cm³/mol. The molecule has 0 bridgehead atoms. The first kappa shape index (κ1) is 13.0. The summed E-state index contributed by atoms with van der Waals surface area (Å²) in [4.78, 5) is 19.7. The van der Waals surface area contributed by atoms with Crippen molar-refractivity contribution in [3.05, 3.63) is 58.4 Å². The van der Waals surface area contributed by atoms with Crippen molar-refractivity contribution in [3.63, 3.8) is 0 Å². The smallest absolute Gasteiger partial charge is 0.273 e. The molecule has 0 atom stereocenters. The van der Waals surface area contributed by atoms with Gasteiger partial charge in [-0.3, -0.25) is 4.79 Å². The molecule has 22 heavy (non-hydrogen) atoms. The lowest BCUT2D eigenvalue weighted by Gasteiger charge is -1.96. The van der Waals surface area contributed by atoms with Crippen molar-refractivity contribution in [1.82, 2.24) is 15.4 Å². The zero-order valence-corrected chi connectivity index (χ0v) is 12.6. The first-order valence-electron chi connectivity index (χ1n) is 6.82. The lowest BCUT2D eigenvalue weighted by molar-refractivity contribution is -0.116. The minimum atomic E-state index is -0.207. The maximum absolute atomic E-state index is 12.1. The van der Waals surface area contributed by atoms with Crippen LogP contribution in [0.3, 0.4) is 0 Å². The molecule has 1 aliphatic rings. The lowest BCUT2D eigenvalue weighted by Crippen LogP contribution is -2.13. The van der Waals surface area contributed by atoms with Gasteiger partial charge in [-0.05, 0) is 36.8 Å². The van der Waals surface area contributed by atoms with E-state index in [0.717, 1.165) is 26.5 Å². The van der Waals surface area contributed by atoms with E-state index in [1.54, 1.807) is 6.08 Å². The van der Waals surface area contributed by atoms with Gasteiger partial charge >= 0.3 is 0 Å². The van der Waals surface area contributed by atoms with Gasteiger partial charge in [0.05, 0.1) is 15.8 Å². The Morgan fingerprint density at radius 1 is 1.27 bits per heavy atom. The molecule has 108 valence electrons. The summed E-state index contributed by atoms with van der Waals surface area (Å²) in [5.74, 6) is -0.207. The van der Waals surface area contributed by atoms with E-state index in [1.807, 2.05) is 43.5 Å². The van der Waals surface area contributed by atoms with Crippen LogP contribution in [0.1, 0.15) is 16.3 Å². The molecule has 3 heterocycles. The highest BCUT2D eigenvalue weighted by atomic mass is 32.1. The third-order valence-corrected chi connectivity index (χ3v) is 4.46. The van der Waals surface area contributed by atoms with Gasteiger partial charge in [0.1, 0.15) is 10.7 Å². The molecular formula is C16H12N4OS. The lowest BCUT2D eigenvalue weighted by atomic mass is 10.1. The molecule has 1 aliphatic heterocycles. The Labute approximate surface area is 130 Å². The molecule has 0 unspecified atom stereocenters. The second-order valence-corrected chi connectivity index (χ2v) is 6.11. The molecule has 0 fully saturated rings. The quantitative estimate of drug-likeness (QED) is 0.715. The van der Waals surface area contributed by atoms with Crippen LogP contribution in [0.15, 0.2) is 47.2 Å². The number of fused-ring (bicyclic) bond motifs is 1. The number of nitrogens with one attached hydrogen (secondary N) is 2. The maximum Gasteiger partial charge on any atom is 0.273 e. The molecule has 0 spiro atoms. The number of rotatable bonds is 2. The Morgan fingerprint density at radius 3 is 2.91 bits per heavy atom. The predicted octanol–water partition coefficient (Wildman–Crippen LogP) is 2.85. The van der Waals surface area contributed by atoms with Gasteiger partial charge in [-0.15, -0.1) is 11.3 Å². The SMILES string of the molecule is Cc1c[nH]c(/C=C2/C(=O)NN=C2c2nc3ccccc3s2)c1.